The summed E-state index contributed by atoms with van der Waals surface area (Å²) < 4.78 is 7.58. The Morgan fingerprint density at radius 3 is 2.48 bits per heavy atom. The van der Waals surface area contributed by atoms with Crippen LogP contribution < -0.4 is 0 Å². The van der Waals surface area contributed by atoms with Crippen molar-refractivity contribution in [3.05, 3.63) is 70.4 Å². The van der Waals surface area contributed by atoms with Gasteiger partial charge >= 0.3 is 0 Å². The van der Waals surface area contributed by atoms with E-state index in [-0.39, 0.29) is 11.7 Å². The van der Waals surface area contributed by atoms with Crippen LogP contribution in [0.2, 0.25) is 5.02 Å². The van der Waals surface area contributed by atoms with E-state index in [0.717, 1.165) is 32.7 Å². The van der Waals surface area contributed by atoms with Crippen molar-refractivity contribution in [1.82, 2.24) is 4.57 Å². The molecule has 0 unspecified atom stereocenters. The van der Waals surface area contributed by atoms with E-state index in [1.54, 1.807) is 7.11 Å². The van der Waals surface area contributed by atoms with E-state index in [4.69, 9.17) is 16.3 Å². The second-order valence-electron chi connectivity index (χ2n) is 6.47. The first kappa shape index (κ1) is 17.7. The number of fused-ring (bicyclic) bond motifs is 1. The molecule has 25 heavy (non-hydrogen) atoms. The fraction of sp³-hybridized carbons (Fsp3) is 0.286. The molecule has 0 atom stereocenters. The highest BCUT2D eigenvalue weighted by atomic mass is 35.5. The maximum absolute atomic E-state index is 12.9. The van der Waals surface area contributed by atoms with Crippen molar-refractivity contribution in [3.8, 4) is 0 Å². The Hall–Kier alpha value is -2.10. The molecule has 1 aromatic heterocycles. The highest BCUT2D eigenvalue weighted by Gasteiger charge is 2.24. The molecular formula is C21H22ClNO2. The number of carbonyl (C=O) groups is 1. The van der Waals surface area contributed by atoms with Crippen molar-refractivity contribution in [2.75, 3.05) is 7.11 Å². The van der Waals surface area contributed by atoms with E-state index in [0.29, 0.717) is 13.2 Å². The molecule has 1 heterocycles. The summed E-state index contributed by atoms with van der Waals surface area (Å²) in [6.07, 6.45) is 0. The third-order valence-electron chi connectivity index (χ3n) is 4.42. The molecular weight excluding hydrogens is 334 g/mol. The van der Waals surface area contributed by atoms with E-state index in [1.807, 2.05) is 62.4 Å². The summed E-state index contributed by atoms with van der Waals surface area (Å²) in [7, 11) is 1.65. The van der Waals surface area contributed by atoms with Crippen molar-refractivity contribution in [2.24, 2.45) is 5.92 Å². The zero-order valence-electron chi connectivity index (χ0n) is 14.8. The highest BCUT2D eigenvalue weighted by molar-refractivity contribution is 6.31. The number of nitrogens with zero attached hydrogens (tertiary/aromatic N) is 1. The van der Waals surface area contributed by atoms with Gasteiger partial charge in [-0.3, -0.25) is 4.79 Å². The topological polar surface area (TPSA) is 31.2 Å². The van der Waals surface area contributed by atoms with Gasteiger partial charge in [0.05, 0.1) is 12.3 Å². The van der Waals surface area contributed by atoms with Crippen LogP contribution in [0.15, 0.2) is 48.5 Å². The molecule has 0 saturated carbocycles. The van der Waals surface area contributed by atoms with Crippen LogP contribution >= 0.6 is 11.6 Å². The van der Waals surface area contributed by atoms with Crippen LogP contribution in [0, 0.1) is 5.92 Å². The smallest absolute Gasteiger partial charge is 0.167 e. The lowest BCUT2D eigenvalue weighted by atomic mass is 9.98. The minimum atomic E-state index is -0.0739. The van der Waals surface area contributed by atoms with Gasteiger partial charge in [-0.1, -0.05) is 61.8 Å². The first-order valence-corrected chi connectivity index (χ1v) is 8.79. The summed E-state index contributed by atoms with van der Waals surface area (Å²) in [4.78, 5) is 12.9. The Balaban J connectivity index is 2.25. The number of hydrogen-bond acceptors (Lipinski definition) is 2. The molecule has 0 spiro atoms. The molecule has 130 valence electrons. The Morgan fingerprint density at radius 2 is 1.80 bits per heavy atom. The fourth-order valence-electron chi connectivity index (χ4n) is 3.18. The van der Waals surface area contributed by atoms with Crippen molar-refractivity contribution in [1.29, 1.82) is 0 Å². The number of Topliss-reactive ketones (excluding diaryl/α,β-unsaturated/α-hetero) is 1. The number of ketones is 1. The minimum absolute atomic E-state index is 0.0739. The molecule has 2 aromatic carbocycles. The first-order valence-electron chi connectivity index (χ1n) is 8.41. The number of ether oxygens (including phenoxy) is 1. The van der Waals surface area contributed by atoms with Gasteiger partial charge in [-0.25, -0.2) is 0 Å². The van der Waals surface area contributed by atoms with Gasteiger partial charge in [-0.2, -0.15) is 0 Å². The SMILES string of the molecule is COCc1c(C(=O)C(C)C)c2ccccc2n1Cc1ccccc1Cl. The number of hydrogen-bond donors (Lipinski definition) is 0. The Kier molecular flexibility index (Phi) is 5.26. The molecule has 3 nitrogen and oxygen atoms in total. The molecule has 0 aliphatic heterocycles. The van der Waals surface area contributed by atoms with E-state index < -0.39 is 0 Å². The van der Waals surface area contributed by atoms with E-state index >= 15 is 0 Å². The standard InChI is InChI=1S/C21H22ClNO2/c1-14(2)21(24)20-16-9-5-7-11-18(16)23(19(20)13-25-3)12-15-8-4-6-10-17(15)22/h4-11,14H,12-13H2,1-3H3. The van der Waals surface area contributed by atoms with Crippen LogP contribution in [0.1, 0.15) is 35.5 Å². The monoisotopic (exact) mass is 355 g/mol. The molecule has 0 aliphatic carbocycles. The number of para-hydroxylation sites is 1. The summed E-state index contributed by atoms with van der Waals surface area (Å²) >= 11 is 6.36. The number of carbonyl (C=O) groups excluding carboxylic acids is 1. The minimum Gasteiger partial charge on any atom is -0.378 e. The van der Waals surface area contributed by atoms with Gasteiger partial charge in [0.15, 0.2) is 5.78 Å². The highest BCUT2D eigenvalue weighted by Crippen LogP contribution is 2.31. The van der Waals surface area contributed by atoms with E-state index in [9.17, 15) is 4.79 Å². The molecule has 3 rings (SSSR count). The van der Waals surface area contributed by atoms with Gasteiger partial charge in [-0.05, 0) is 17.7 Å². The third kappa shape index (κ3) is 3.35. The Bertz CT molecular complexity index is 911. The number of methoxy groups -OCH3 is 1. The summed E-state index contributed by atoms with van der Waals surface area (Å²) in [6.45, 7) is 4.84. The van der Waals surface area contributed by atoms with Gasteiger partial charge in [0.1, 0.15) is 0 Å². The van der Waals surface area contributed by atoms with Gasteiger partial charge in [0, 0.05) is 41.1 Å². The summed E-state index contributed by atoms with van der Waals surface area (Å²) in [6, 6.07) is 15.8. The van der Waals surface area contributed by atoms with Gasteiger partial charge in [0.25, 0.3) is 0 Å². The van der Waals surface area contributed by atoms with Crippen LogP contribution in [0.3, 0.4) is 0 Å². The lowest BCUT2D eigenvalue weighted by Gasteiger charge is -2.13. The molecule has 0 radical (unpaired) electrons. The largest absolute Gasteiger partial charge is 0.378 e. The maximum Gasteiger partial charge on any atom is 0.167 e. The van der Waals surface area contributed by atoms with Crippen LogP contribution in [-0.2, 0) is 17.9 Å². The number of aromatic nitrogens is 1. The summed E-state index contributed by atoms with van der Waals surface area (Å²) in [5.41, 5.74) is 3.71. The van der Waals surface area contributed by atoms with E-state index in [1.165, 1.54) is 0 Å². The van der Waals surface area contributed by atoms with Crippen LogP contribution in [0.5, 0.6) is 0 Å². The number of rotatable bonds is 6. The van der Waals surface area contributed by atoms with Gasteiger partial charge in [-0.15, -0.1) is 0 Å². The molecule has 3 aromatic rings. The summed E-state index contributed by atoms with van der Waals surface area (Å²) in [5, 5.41) is 1.70. The van der Waals surface area contributed by atoms with Gasteiger partial charge < -0.3 is 9.30 Å². The zero-order valence-corrected chi connectivity index (χ0v) is 15.5. The summed E-state index contributed by atoms with van der Waals surface area (Å²) in [5.74, 6) is 0.0661. The lowest BCUT2D eigenvalue weighted by Crippen LogP contribution is -2.13. The van der Waals surface area contributed by atoms with E-state index in [2.05, 4.69) is 4.57 Å². The van der Waals surface area contributed by atoms with Crippen molar-refractivity contribution in [2.45, 2.75) is 27.0 Å². The molecule has 0 N–H and O–H groups in total. The van der Waals surface area contributed by atoms with Crippen LogP contribution in [-0.4, -0.2) is 17.5 Å². The first-order chi connectivity index (χ1) is 12.0. The number of halogens is 1. The molecule has 4 heteroatoms. The molecule has 0 saturated heterocycles. The number of benzene rings is 2. The quantitative estimate of drug-likeness (QED) is 0.560. The zero-order chi connectivity index (χ0) is 18.0. The second kappa shape index (κ2) is 7.42. The molecule has 0 fully saturated rings. The average molecular weight is 356 g/mol. The lowest BCUT2D eigenvalue weighted by molar-refractivity contribution is 0.0935. The molecule has 0 amide bonds. The van der Waals surface area contributed by atoms with Crippen molar-refractivity contribution < 1.29 is 9.53 Å². The Morgan fingerprint density at radius 1 is 1.12 bits per heavy atom. The van der Waals surface area contributed by atoms with Gasteiger partial charge in [0.2, 0.25) is 0 Å². The fourth-order valence-corrected chi connectivity index (χ4v) is 3.38. The molecule has 0 bridgehead atoms. The molecule has 0 aliphatic rings. The normalized spacial score (nSPS) is 11.4. The average Bonchev–Trinajstić information content (AvgIpc) is 2.90. The predicted molar refractivity (Wildman–Crippen MR) is 102 cm³/mol. The van der Waals surface area contributed by atoms with Crippen LogP contribution in [0.25, 0.3) is 10.9 Å². The third-order valence-corrected chi connectivity index (χ3v) is 4.79. The maximum atomic E-state index is 12.9. The predicted octanol–water partition coefficient (Wildman–Crippen LogP) is 5.33. The Labute approximate surface area is 153 Å². The van der Waals surface area contributed by atoms with Crippen molar-refractivity contribution in [3.63, 3.8) is 0 Å². The van der Waals surface area contributed by atoms with Crippen LogP contribution in [0.4, 0.5) is 0 Å². The van der Waals surface area contributed by atoms with Crippen molar-refractivity contribution >= 4 is 28.3 Å². The second-order valence-corrected chi connectivity index (χ2v) is 6.88.